The summed E-state index contributed by atoms with van der Waals surface area (Å²) in [6.45, 7) is 2.45. The van der Waals surface area contributed by atoms with E-state index >= 15 is 0 Å². The average molecular weight is 416 g/mol. The van der Waals surface area contributed by atoms with E-state index in [1.807, 2.05) is 0 Å². The van der Waals surface area contributed by atoms with Crippen LogP contribution in [0.3, 0.4) is 0 Å². The van der Waals surface area contributed by atoms with Crippen molar-refractivity contribution in [3.05, 3.63) is 0 Å². The van der Waals surface area contributed by atoms with Crippen LogP contribution in [0.4, 0.5) is 0 Å². The number of hydrogen-bond donors (Lipinski definition) is 4. The van der Waals surface area contributed by atoms with Gasteiger partial charge in [-0.2, -0.15) is 0 Å². The highest BCUT2D eigenvalue weighted by Crippen LogP contribution is 2.13. The van der Waals surface area contributed by atoms with Gasteiger partial charge in [0.05, 0.1) is 25.2 Å². The fraction of sp³-hybridized carbons (Fsp3) is 0.958. The number of amides is 1. The second-order valence-corrected chi connectivity index (χ2v) is 8.56. The van der Waals surface area contributed by atoms with Crippen molar-refractivity contribution in [2.45, 2.75) is 135 Å². The van der Waals surface area contributed by atoms with Crippen LogP contribution in [-0.2, 0) is 4.79 Å². The lowest BCUT2D eigenvalue weighted by Crippen LogP contribution is -2.38. The van der Waals surface area contributed by atoms with Gasteiger partial charge in [0.15, 0.2) is 0 Å². The van der Waals surface area contributed by atoms with Crippen molar-refractivity contribution >= 4 is 5.91 Å². The number of unbranched alkanes of at least 4 members (excludes halogenated alkanes) is 13. The van der Waals surface area contributed by atoms with E-state index in [2.05, 4.69) is 12.2 Å². The normalized spacial score (nSPS) is 13.4. The zero-order chi connectivity index (χ0) is 21.6. The lowest BCUT2D eigenvalue weighted by molar-refractivity contribution is -0.124. The number of nitrogens with one attached hydrogen (secondary N) is 1. The van der Waals surface area contributed by atoms with Gasteiger partial charge >= 0.3 is 0 Å². The molecule has 0 bridgehead atoms. The molecule has 1 amide bonds. The Balaban J connectivity index is 3.63. The third kappa shape index (κ3) is 20.4. The van der Waals surface area contributed by atoms with E-state index in [1.54, 1.807) is 0 Å². The highest BCUT2D eigenvalue weighted by atomic mass is 16.3. The number of carbonyl (C=O) groups excluding carboxylic acids is 1. The Morgan fingerprint density at radius 2 is 1.21 bits per heavy atom. The standard InChI is InChI=1S/C24H49NO4/c1-2-3-4-5-6-7-8-12-15-18-23(28)20-24(29)25-22(21-27)17-14-11-9-10-13-16-19-26/h22-23,26-28H,2-21H2,1H3,(H,25,29)/t22?,23-/m1/s1. The van der Waals surface area contributed by atoms with Crippen LogP contribution < -0.4 is 5.32 Å². The molecule has 0 rings (SSSR count). The maximum absolute atomic E-state index is 12.1. The van der Waals surface area contributed by atoms with Gasteiger partial charge < -0.3 is 20.6 Å². The molecule has 0 heterocycles. The van der Waals surface area contributed by atoms with Gasteiger partial charge in [0.2, 0.25) is 5.91 Å². The van der Waals surface area contributed by atoms with E-state index in [-0.39, 0.29) is 31.6 Å². The lowest BCUT2D eigenvalue weighted by atomic mass is 10.0. The summed E-state index contributed by atoms with van der Waals surface area (Å²) in [5.41, 5.74) is 0. The van der Waals surface area contributed by atoms with Crippen LogP contribution in [0.1, 0.15) is 122 Å². The van der Waals surface area contributed by atoms with Crippen molar-refractivity contribution in [3.8, 4) is 0 Å². The Kier molecular flexibility index (Phi) is 21.6. The van der Waals surface area contributed by atoms with Crippen LogP contribution in [0.2, 0.25) is 0 Å². The predicted octanol–water partition coefficient (Wildman–Crippen LogP) is 4.86. The molecule has 5 heteroatoms. The molecule has 0 saturated heterocycles. The quantitative estimate of drug-likeness (QED) is 0.190. The van der Waals surface area contributed by atoms with Gasteiger partial charge in [-0.1, -0.05) is 96.8 Å². The summed E-state index contributed by atoms with van der Waals surface area (Å²) in [6.07, 6.45) is 18.5. The average Bonchev–Trinajstić information content (AvgIpc) is 2.70. The van der Waals surface area contributed by atoms with Gasteiger partial charge in [0, 0.05) is 6.61 Å². The van der Waals surface area contributed by atoms with Gasteiger partial charge in [-0.05, 0) is 19.3 Å². The van der Waals surface area contributed by atoms with Crippen molar-refractivity contribution in [3.63, 3.8) is 0 Å². The zero-order valence-corrected chi connectivity index (χ0v) is 19.0. The van der Waals surface area contributed by atoms with Crippen molar-refractivity contribution in [2.24, 2.45) is 0 Å². The molecule has 0 aromatic rings. The minimum absolute atomic E-state index is 0.0510. The number of aliphatic hydroxyl groups excluding tert-OH is 3. The molecule has 174 valence electrons. The number of aliphatic hydroxyl groups is 3. The van der Waals surface area contributed by atoms with Gasteiger partial charge in [-0.3, -0.25) is 4.79 Å². The first-order valence-corrected chi connectivity index (χ1v) is 12.3. The topological polar surface area (TPSA) is 89.8 Å². The Morgan fingerprint density at radius 1 is 0.724 bits per heavy atom. The van der Waals surface area contributed by atoms with E-state index in [9.17, 15) is 15.0 Å². The van der Waals surface area contributed by atoms with E-state index in [0.717, 1.165) is 57.8 Å². The van der Waals surface area contributed by atoms with E-state index in [0.29, 0.717) is 6.42 Å². The number of rotatable bonds is 22. The van der Waals surface area contributed by atoms with Crippen LogP contribution in [0.25, 0.3) is 0 Å². The monoisotopic (exact) mass is 415 g/mol. The molecule has 0 saturated carbocycles. The van der Waals surface area contributed by atoms with Crippen molar-refractivity contribution in [1.29, 1.82) is 0 Å². The Hall–Kier alpha value is -0.650. The molecule has 0 radical (unpaired) electrons. The molecule has 29 heavy (non-hydrogen) atoms. The van der Waals surface area contributed by atoms with Crippen LogP contribution >= 0.6 is 0 Å². The number of carbonyl (C=O) groups is 1. The molecule has 0 fully saturated rings. The highest BCUT2D eigenvalue weighted by molar-refractivity contribution is 5.76. The fourth-order valence-electron chi connectivity index (χ4n) is 3.71. The van der Waals surface area contributed by atoms with Crippen molar-refractivity contribution in [2.75, 3.05) is 13.2 Å². The van der Waals surface area contributed by atoms with Gasteiger partial charge in [-0.25, -0.2) is 0 Å². The fourth-order valence-corrected chi connectivity index (χ4v) is 3.71. The van der Waals surface area contributed by atoms with Crippen LogP contribution in [0, 0.1) is 0 Å². The summed E-state index contributed by atoms with van der Waals surface area (Å²) in [6, 6.07) is -0.208. The minimum Gasteiger partial charge on any atom is -0.396 e. The highest BCUT2D eigenvalue weighted by Gasteiger charge is 2.15. The van der Waals surface area contributed by atoms with Crippen LogP contribution in [0.5, 0.6) is 0 Å². The van der Waals surface area contributed by atoms with Crippen molar-refractivity contribution in [1.82, 2.24) is 5.32 Å². The summed E-state index contributed by atoms with van der Waals surface area (Å²) in [7, 11) is 0. The molecule has 2 atom stereocenters. The summed E-state index contributed by atoms with van der Waals surface area (Å²) in [4.78, 5) is 12.1. The lowest BCUT2D eigenvalue weighted by Gasteiger charge is -2.18. The van der Waals surface area contributed by atoms with Gasteiger partial charge in [-0.15, -0.1) is 0 Å². The van der Waals surface area contributed by atoms with Crippen molar-refractivity contribution < 1.29 is 20.1 Å². The van der Waals surface area contributed by atoms with Crippen LogP contribution in [-0.4, -0.2) is 46.6 Å². The summed E-state index contributed by atoms with van der Waals surface area (Å²) in [5.74, 6) is -0.157. The van der Waals surface area contributed by atoms with E-state index < -0.39 is 6.10 Å². The molecule has 0 spiro atoms. The molecule has 1 unspecified atom stereocenters. The van der Waals surface area contributed by atoms with E-state index in [1.165, 1.54) is 44.9 Å². The molecule has 5 nitrogen and oxygen atoms in total. The summed E-state index contributed by atoms with van der Waals surface area (Å²) < 4.78 is 0. The predicted molar refractivity (Wildman–Crippen MR) is 121 cm³/mol. The Bertz CT molecular complexity index is 352. The second kappa shape index (κ2) is 22.0. The molecule has 0 aliphatic rings. The van der Waals surface area contributed by atoms with Crippen LogP contribution in [0.15, 0.2) is 0 Å². The molecular formula is C24H49NO4. The smallest absolute Gasteiger partial charge is 0.222 e. The molecule has 0 aromatic heterocycles. The zero-order valence-electron chi connectivity index (χ0n) is 19.0. The molecular weight excluding hydrogens is 366 g/mol. The maximum Gasteiger partial charge on any atom is 0.222 e. The Morgan fingerprint density at radius 3 is 1.72 bits per heavy atom. The minimum atomic E-state index is -0.578. The first-order valence-electron chi connectivity index (χ1n) is 12.3. The SMILES string of the molecule is CCCCCCCCCCC[C@@H](O)CC(=O)NC(CO)CCCCCCCCO. The summed E-state index contributed by atoms with van der Waals surface area (Å²) >= 11 is 0. The van der Waals surface area contributed by atoms with E-state index in [4.69, 9.17) is 5.11 Å². The largest absolute Gasteiger partial charge is 0.396 e. The maximum atomic E-state index is 12.1. The number of hydrogen-bond acceptors (Lipinski definition) is 4. The van der Waals surface area contributed by atoms with Gasteiger partial charge in [0.25, 0.3) is 0 Å². The molecule has 0 aromatic carbocycles. The third-order valence-electron chi connectivity index (χ3n) is 5.61. The third-order valence-corrected chi connectivity index (χ3v) is 5.61. The first-order chi connectivity index (χ1) is 14.1. The Labute approximate surface area is 179 Å². The second-order valence-electron chi connectivity index (χ2n) is 8.56. The summed E-state index contributed by atoms with van der Waals surface area (Å²) in [5, 5.41) is 31.2. The first kappa shape index (κ1) is 28.4. The van der Waals surface area contributed by atoms with Gasteiger partial charge in [0.1, 0.15) is 0 Å². The molecule has 0 aliphatic heterocycles. The molecule has 0 aliphatic carbocycles. The molecule has 4 N–H and O–H groups in total.